The molecule has 1 aliphatic rings. The number of rotatable bonds is 4. The van der Waals surface area contributed by atoms with E-state index in [2.05, 4.69) is 47.9 Å². The van der Waals surface area contributed by atoms with E-state index in [1.54, 1.807) is 11.8 Å². The Morgan fingerprint density at radius 3 is 2.85 bits per heavy atom. The van der Waals surface area contributed by atoms with Gasteiger partial charge in [-0.1, -0.05) is 22.0 Å². The van der Waals surface area contributed by atoms with Crippen molar-refractivity contribution in [1.29, 1.82) is 0 Å². The fourth-order valence-corrected chi connectivity index (χ4v) is 3.82. The van der Waals surface area contributed by atoms with E-state index in [0.29, 0.717) is 16.1 Å². The van der Waals surface area contributed by atoms with Crippen LogP contribution in [-0.2, 0) is 5.75 Å². The summed E-state index contributed by atoms with van der Waals surface area (Å²) in [7, 11) is 0. The largest absolute Gasteiger partial charge is 0.309 e. The zero-order chi connectivity index (χ0) is 14.1. The summed E-state index contributed by atoms with van der Waals surface area (Å²) in [5, 5.41) is 0. The predicted molar refractivity (Wildman–Crippen MR) is 88.2 cm³/mol. The molecule has 1 aliphatic carbocycles. The molecule has 1 heterocycles. The van der Waals surface area contributed by atoms with Crippen LogP contribution >= 0.6 is 43.6 Å². The average Bonchev–Trinajstić information content (AvgIpc) is 3.24. The zero-order valence-corrected chi connectivity index (χ0v) is 14.5. The quantitative estimate of drug-likeness (QED) is 0.749. The molecular formula is C14H12Br2N2OS. The van der Waals surface area contributed by atoms with Crippen molar-refractivity contribution in [3.63, 3.8) is 0 Å². The van der Waals surface area contributed by atoms with Crippen LogP contribution in [-0.4, -0.2) is 9.97 Å². The van der Waals surface area contributed by atoms with Crippen molar-refractivity contribution in [2.75, 3.05) is 0 Å². The fraction of sp³-hybridized carbons (Fsp3) is 0.286. The molecule has 104 valence electrons. The minimum absolute atomic E-state index is 0.0771. The van der Waals surface area contributed by atoms with Gasteiger partial charge >= 0.3 is 0 Å². The lowest BCUT2D eigenvalue weighted by Crippen LogP contribution is -2.14. The molecule has 0 saturated heterocycles. The Morgan fingerprint density at radius 2 is 2.15 bits per heavy atom. The van der Waals surface area contributed by atoms with Crippen molar-refractivity contribution in [1.82, 2.24) is 9.97 Å². The highest BCUT2D eigenvalue weighted by molar-refractivity contribution is 9.10. The molecule has 20 heavy (non-hydrogen) atoms. The van der Waals surface area contributed by atoms with Crippen molar-refractivity contribution in [3.05, 3.63) is 55.1 Å². The Bertz CT molecular complexity index is 698. The summed E-state index contributed by atoms with van der Waals surface area (Å²) in [6.45, 7) is 0. The molecular weight excluding hydrogens is 404 g/mol. The number of aromatic amines is 1. The summed E-state index contributed by atoms with van der Waals surface area (Å²) >= 11 is 8.46. The molecule has 1 aromatic heterocycles. The van der Waals surface area contributed by atoms with E-state index in [0.717, 1.165) is 33.7 Å². The van der Waals surface area contributed by atoms with Crippen LogP contribution in [0.15, 0.2) is 42.9 Å². The van der Waals surface area contributed by atoms with Gasteiger partial charge in [-0.05, 0) is 47.0 Å². The normalized spacial score (nSPS) is 14.5. The van der Waals surface area contributed by atoms with Crippen LogP contribution < -0.4 is 5.56 Å². The topological polar surface area (TPSA) is 45.8 Å². The minimum atomic E-state index is -0.0771. The van der Waals surface area contributed by atoms with Crippen LogP contribution in [0.4, 0.5) is 0 Å². The van der Waals surface area contributed by atoms with E-state index in [1.807, 2.05) is 18.2 Å². The van der Waals surface area contributed by atoms with Gasteiger partial charge in [-0.2, -0.15) is 0 Å². The average molecular weight is 416 g/mol. The van der Waals surface area contributed by atoms with Gasteiger partial charge < -0.3 is 4.98 Å². The lowest BCUT2D eigenvalue weighted by Gasteiger charge is -2.06. The minimum Gasteiger partial charge on any atom is -0.309 e. The third kappa shape index (κ3) is 3.35. The van der Waals surface area contributed by atoms with Crippen molar-refractivity contribution in [2.45, 2.75) is 29.4 Å². The van der Waals surface area contributed by atoms with Gasteiger partial charge in [0.05, 0.1) is 11.4 Å². The lowest BCUT2D eigenvalue weighted by molar-refractivity contribution is 0.899. The van der Waals surface area contributed by atoms with Crippen molar-refractivity contribution < 1.29 is 0 Å². The van der Waals surface area contributed by atoms with Crippen molar-refractivity contribution >= 4 is 43.6 Å². The zero-order valence-electron chi connectivity index (χ0n) is 10.5. The number of nitrogens with one attached hydrogen (secondary N) is 1. The third-order valence-electron chi connectivity index (χ3n) is 3.07. The van der Waals surface area contributed by atoms with E-state index in [1.165, 1.54) is 0 Å². The Kier molecular flexibility index (Phi) is 4.33. The van der Waals surface area contributed by atoms with Gasteiger partial charge in [-0.3, -0.25) is 4.79 Å². The lowest BCUT2D eigenvalue weighted by atomic mass is 10.3. The Morgan fingerprint density at radius 1 is 1.35 bits per heavy atom. The molecule has 6 heteroatoms. The Balaban J connectivity index is 1.79. The van der Waals surface area contributed by atoms with E-state index in [9.17, 15) is 4.79 Å². The molecule has 1 N–H and O–H groups in total. The summed E-state index contributed by atoms with van der Waals surface area (Å²) in [5.74, 6) is 1.87. The molecule has 3 rings (SSSR count). The summed E-state index contributed by atoms with van der Waals surface area (Å²) < 4.78 is 1.65. The molecule has 0 bridgehead atoms. The van der Waals surface area contributed by atoms with Gasteiger partial charge in [0.2, 0.25) is 0 Å². The van der Waals surface area contributed by atoms with E-state index in [-0.39, 0.29) is 5.56 Å². The maximum absolute atomic E-state index is 11.9. The summed E-state index contributed by atoms with van der Waals surface area (Å²) in [4.78, 5) is 20.5. The van der Waals surface area contributed by atoms with Gasteiger partial charge in [0.1, 0.15) is 10.3 Å². The predicted octanol–water partition coefficient (Wildman–Crippen LogP) is 4.46. The van der Waals surface area contributed by atoms with Crippen molar-refractivity contribution in [3.8, 4) is 0 Å². The van der Waals surface area contributed by atoms with Gasteiger partial charge in [0.15, 0.2) is 0 Å². The molecule has 2 aromatic rings. The highest BCUT2D eigenvalue weighted by Crippen LogP contribution is 2.41. The second-order valence-corrected chi connectivity index (χ2v) is 7.49. The highest BCUT2D eigenvalue weighted by atomic mass is 79.9. The summed E-state index contributed by atoms with van der Waals surface area (Å²) in [6, 6.07) is 8.10. The van der Waals surface area contributed by atoms with E-state index >= 15 is 0 Å². The first-order valence-corrected chi connectivity index (χ1v) is 8.87. The van der Waals surface area contributed by atoms with Gasteiger partial charge in [-0.15, -0.1) is 11.8 Å². The number of aromatic nitrogens is 2. The summed E-state index contributed by atoms with van der Waals surface area (Å²) in [6.07, 6.45) is 2.26. The van der Waals surface area contributed by atoms with Crippen LogP contribution in [0, 0.1) is 0 Å². The molecule has 0 unspecified atom stereocenters. The van der Waals surface area contributed by atoms with Crippen LogP contribution in [0.5, 0.6) is 0 Å². The van der Waals surface area contributed by atoms with Crippen LogP contribution in [0.3, 0.4) is 0 Å². The standard InChI is InChI=1S/C14H12Br2N2OS/c15-9-2-1-3-10(6-9)20-7-11-17-13(8-4-5-8)12(16)14(19)18-11/h1-3,6,8H,4-5,7H2,(H,17,18,19). The second-order valence-electron chi connectivity index (χ2n) is 4.73. The molecule has 0 atom stereocenters. The number of hydrogen-bond acceptors (Lipinski definition) is 3. The van der Waals surface area contributed by atoms with Crippen LogP contribution in [0.2, 0.25) is 0 Å². The molecule has 1 saturated carbocycles. The maximum atomic E-state index is 11.9. The Labute approximate surface area is 137 Å². The fourth-order valence-electron chi connectivity index (χ4n) is 1.93. The number of H-pyrrole nitrogens is 1. The highest BCUT2D eigenvalue weighted by Gasteiger charge is 2.28. The number of halogens is 2. The van der Waals surface area contributed by atoms with Gasteiger partial charge in [0, 0.05) is 15.3 Å². The molecule has 1 aromatic carbocycles. The van der Waals surface area contributed by atoms with E-state index in [4.69, 9.17) is 0 Å². The first-order valence-electron chi connectivity index (χ1n) is 6.30. The molecule has 0 spiro atoms. The first-order chi connectivity index (χ1) is 9.63. The number of nitrogens with zero attached hydrogens (tertiary/aromatic N) is 1. The van der Waals surface area contributed by atoms with Crippen LogP contribution in [0.25, 0.3) is 0 Å². The molecule has 1 fully saturated rings. The van der Waals surface area contributed by atoms with Gasteiger partial charge in [0.25, 0.3) is 5.56 Å². The molecule has 0 radical (unpaired) electrons. The second kappa shape index (κ2) is 6.03. The molecule has 0 aliphatic heterocycles. The number of hydrogen-bond donors (Lipinski definition) is 1. The smallest absolute Gasteiger partial charge is 0.265 e. The Hall–Kier alpha value is -0.590. The maximum Gasteiger partial charge on any atom is 0.265 e. The monoisotopic (exact) mass is 414 g/mol. The van der Waals surface area contributed by atoms with Gasteiger partial charge in [-0.25, -0.2) is 4.98 Å². The first kappa shape index (κ1) is 14.4. The third-order valence-corrected chi connectivity index (χ3v) is 5.34. The number of benzene rings is 1. The van der Waals surface area contributed by atoms with Crippen molar-refractivity contribution in [2.24, 2.45) is 0 Å². The molecule has 3 nitrogen and oxygen atoms in total. The van der Waals surface area contributed by atoms with E-state index < -0.39 is 0 Å². The summed E-state index contributed by atoms with van der Waals surface area (Å²) in [5.41, 5.74) is 0.838. The van der Waals surface area contributed by atoms with Crippen LogP contribution in [0.1, 0.15) is 30.3 Å². The number of thioether (sulfide) groups is 1. The molecule has 0 amide bonds. The SMILES string of the molecule is O=c1[nH]c(CSc2cccc(Br)c2)nc(C2CC2)c1Br.